The molecule has 0 heterocycles. The van der Waals surface area contributed by atoms with E-state index in [-0.39, 0.29) is 5.91 Å². The molecule has 1 N–H and O–H groups in total. The number of aryl methyl sites for hydroxylation is 1. The van der Waals surface area contributed by atoms with Crippen molar-refractivity contribution in [2.24, 2.45) is 0 Å². The number of carbonyl (C=O) groups is 1. The molecule has 0 bridgehead atoms. The molecule has 2 aromatic carbocycles. The van der Waals surface area contributed by atoms with Gasteiger partial charge in [0.15, 0.2) is 0 Å². The molecule has 0 aliphatic carbocycles. The molecule has 1 amide bonds. The number of anilines is 1. The van der Waals surface area contributed by atoms with Crippen molar-refractivity contribution in [1.82, 2.24) is 0 Å². The van der Waals surface area contributed by atoms with Crippen LogP contribution in [0.25, 0.3) is 0 Å². The van der Waals surface area contributed by atoms with Gasteiger partial charge in [0, 0.05) is 15.1 Å². The summed E-state index contributed by atoms with van der Waals surface area (Å²) in [6.45, 7) is 1.90. The van der Waals surface area contributed by atoms with Gasteiger partial charge in [-0.2, -0.15) is 0 Å². The molecule has 0 saturated heterocycles. The summed E-state index contributed by atoms with van der Waals surface area (Å²) in [5.74, 6) is 0.420. The lowest BCUT2D eigenvalue weighted by atomic mass is 10.2. The first kappa shape index (κ1) is 14.9. The largest absolute Gasteiger partial charge is 0.497 e. The number of amides is 1. The molecule has 0 unspecified atom stereocenters. The van der Waals surface area contributed by atoms with Crippen LogP contribution < -0.4 is 10.1 Å². The van der Waals surface area contributed by atoms with Crippen LogP contribution in [0, 0.1) is 6.92 Å². The van der Waals surface area contributed by atoms with E-state index in [1.165, 1.54) is 0 Å². The van der Waals surface area contributed by atoms with E-state index in [9.17, 15) is 4.79 Å². The van der Waals surface area contributed by atoms with Crippen LogP contribution in [0.15, 0.2) is 40.9 Å². The third-order valence-electron chi connectivity index (χ3n) is 2.83. The lowest BCUT2D eigenvalue weighted by Crippen LogP contribution is -2.12. The second-order valence-electron chi connectivity index (χ2n) is 4.27. The summed E-state index contributed by atoms with van der Waals surface area (Å²) in [5, 5.41) is 3.43. The number of rotatable bonds is 3. The van der Waals surface area contributed by atoms with Crippen LogP contribution in [0.2, 0.25) is 5.02 Å². The van der Waals surface area contributed by atoms with E-state index in [1.807, 2.05) is 13.0 Å². The average Bonchev–Trinajstić information content (AvgIpc) is 2.44. The smallest absolute Gasteiger partial charge is 0.255 e. The topological polar surface area (TPSA) is 38.3 Å². The highest BCUT2D eigenvalue weighted by Crippen LogP contribution is 2.29. The molecule has 0 aliphatic heterocycles. The molecule has 0 radical (unpaired) electrons. The molecule has 2 aromatic rings. The van der Waals surface area contributed by atoms with Gasteiger partial charge in [0.1, 0.15) is 5.75 Å². The molecule has 104 valence electrons. The van der Waals surface area contributed by atoms with Crippen LogP contribution in [0.4, 0.5) is 5.69 Å². The minimum absolute atomic E-state index is 0.218. The SMILES string of the molecule is COc1cccc(C(=O)Nc2cc(Cl)c(C)cc2Br)c1. The highest BCUT2D eigenvalue weighted by atomic mass is 79.9. The van der Waals surface area contributed by atoms with Gasteiger partial charge < -0.3 is 10.1 Å². The molecule has 0 aromatic heterocycles. The van der Waals surface area contributed by atoms with Gasteiger partial charge in [-0.3, -0.25) is 4.79 Å². The van der Waals surface area contributed by atoms with Crippen molar-refractivity contribution >= 4 is 39.1 Å². The first-order valence-corrected chi connectivity index (χ1v) is 7.09. The Morgan fingerprint density at radius 3 is 2.75 bits per heavy atom. The lowest BCUT2D eigenvalue weighted by molar-refractivity contribution is 0.102. The minimum atomic E-state index is -0.218. The first-order valence-electron chi connectivity index (χ1n) is 5.92. The standard InChI is InChI=1S/C15H13BrClNO2/c1-9-6-12(16)14(8-13(9)17)18-15(19)10-4-3-5-11(7-10)20-2/h3-8H,1-2H3,(H,18,19). The Labute approximate surface area is 131 Å². The van der Waals surface area contributed by atoms with E-state index in [4.69, 9.17) is 16.3 Å². The summed E-state index contributed by atoms with van der Waals surface area (Å²) in [6, 6.07) is 10.5. The minimum Gasteiger partial charge on any atom is -0.497 e. The normalized spacial score (nSPS) is 10.2. The molecule has 0 aliphatic rings. The number of benzene rings is 2. The fraction of sp³-hybridized carbons (Fsp3) is 0.133. The second-order valence-corrected chi connectivity index (χ2v) is 5.53. The van der Waals surface area contributed by atoms with Crippen molar-refractivity contribution in [2.45, 2.75) is 6.92 Å². The lowest BCUT2D eigenvalue weighted by Gasteiger charge is -2.10. The van der Waals surface area contributed by atoms with Gasteiger partial charge >= 0.3 is 0 Å². The van der Waals surface area contributed by atoms with E-state index in [0.29, 0.717) is 22.0 Å². The van der Waals surface area contributed by atoms with Crippen molar-refractivity contribution in [2.75, 3.05) is 12.4 Å². The Kier molecular flexibility index (Phi) is 4.68. The van der Waals surface area contributed by atoms with E-state index in [0.717, 1.165) is 10.0 Å². The average molecular weight is 355 g/mol. The van der Waals surface area contributed by atoms with E-state index < -0.39 is 0 Å². The van der Waals surface area contributed by atoms with E-state index in [1.54, 1.807) is 37.4 Å². The molecule has 2 rings (SSSR count). The fourth-order valence-corrected chi connectivity index (χ4v) is 2.42. The zero-order chi connectivity index (χ0) is 14.7. The third-order valence-corrected chi connectivity index (χ3v) is 3.89. The third kappa shape index (κ3) is 3.32. The Hall–Kier alpha value is -1.52. The maximum absolute atomic E-state index is 12.2. The maximum atomic E-state index is 12.2. The van der Waals surface area contributed by atoms with Crippen LogP contribution in [0.3, 0.4) is 0 Å². The number of ether oxygens (including phenoxy) is 1. The van der Waals surface area contributed by atoms with Crippen molar-refractivity contribution in [3.63, 3.8) is 0 Å². The molecule has 0 saturated carbocycles. The van der Waals surface area contributed by atoms with Gasteiger partial charge in [-0.1, -0.05) is 17.7 Å². The number of hydrogen-bond acceptors (Lipinski definition) is 2. The number of methoxy groups -OCH3 is 1. The number of halogens is 2. The zero-order valence-electron chi connectivity index (χ0n) is 11.0. The van der Waals surface area contributed by atoms with Crippen LogP contribution in [-0.4, -0.2) is 13.0 Å². The summed E-state index contributed by atoms with van der Waals surface area (Å²) < 4.78 is 5.89. The molecule has 0 spiro atoms. The van der Waals surface area contributed by atoms with Crippen molar-refractivity contribution in [3.8, 4) is 5.75 Å². The monoisotopic (exact) mass is 353 g/mol. The number of hydrogen-bond donors (Lipinski definition) is 1. The van der Waals surface area contributed by atoms with Crippen LogP contribution in [0.1, 0.15) is 15.9 Å². The van der Waals surface area contributed by atoms with Gasteiger partial charge in [0.05, 0.1) is 12.8 Å². The number of carbonyl (C=O) groups excluding carboxylic acids is 1. The maximum Gasteiger partial charge on any atom is 0.255 e. The number of nitrogens with one attached hydrogen (secondary N) is 1. The Morgan fingerprint density at radius 2 is 2.05 bits per heavy atom. The fourth-order valence-electron chi connectivity index (χ4n) is 1.70. The van der Waals surface area contributed by atoms with Crippen LogP contribution >= 0.6 is 27.5 Å². The summed E-state index contributed by atoms with van der Waals surface area (Å²) in [6.07, 6.45) is 0. The van der Waals surface area contributed by atoms with Gasteiger partial charge in [0.25, 0.3) is 5.91 Å². The van der Waals surface area contributed by atoms with Gasteiger partial charge in [-0.15, -0.1) is 0 Å². The first-order chi connectivity index (χ1) is 9.51. The second kappa shape index (κ2) is 6.29. The van der Waals surface area contributed by atoms with Gasteiger partial charge in [0.2, 0.25) is 0 Å². The molecule has 3 nitrogen and oxygen atoms in total. The van der Waals surface area contributed by atoms with E-state index in [2.05, 4.69) is 21.2 Å². The molecule has 20 heavy (non-hydrogen) atoms. The predicted molar refractivity (Wildman–Crippen MR) is 84.8 cm³/mol. The Morgan fingerprint density at radius 1 is 1.30 bits per heavy atom. The van der Waals surface area contributed by atoms with Crippen LogP contribution in [0.5, 0.6) is 5.75 Å². The summed E-state index contributed by atoms with van der Waals surface area (Å²) >= 11 is 9.48. The molecule has 0 fully saturated rings. The van der Waals surface area contributed by atoms with E-state index >= 15 is 0 Å². The van der Waals surface area contributed by atoms with Gasteiger partial charge in [-0.05, 0) is 58.7 Å². The molecule has 5 heteroatoms. The van der Waals surface area contributed by atoms with Crippen molar-refractivity contribution in [1.29, 1.82) is 0 Å². The molecular weight excluding hydrogens is 342 g/mol. The van der Waals surface area contributed by atoms with Crippen molar-refractivity contribution in [3.05, 3.63) is 57.0 Å². The van der Waals surface area contributed by atoms with Gasteiger partial charge in [-0.25, -0.2) is 0 Å². The van der Waals surface area contributed by atoms with Crippen LogP contribution in [-0.2, 0) is 0 Å². The quantitative estimate of drug-likeness (QED) is 0.869. The molecular formula is C15H13BrClNO2. The highest BCUT2D eigenvalue weighted by Gasteiger charge is 2.10. The Balaban J connectivity index is 2.25. The summed E-state index contributed by atoms with van der Waals surface area (Å²) in [7, 11) is 1.56. The summed E-state index contributed by atoms with van der Waals surface area (Å²) in [4.78, 5) is 12.2. The summed E-state index contributed by atoms with van der Waals surface area (Å²) in [5.41, 5.74) is 2.10. The van der Waals surface area contributed by atoms with Crippen molar-refractivity contribution < 1.29 is 9.53 Å². The predicted octanol–water partition coefficient (Wildman–Crippen LogP) is 4.67. The highest BCUT2D eigenvalue weighted by molar-refractivity contribution is 9.10. The molecule has 0 atom stereocenters. The zero-order valence-corrected chi connectivity index (χ0v) is 13.4. The Bertz CT molecular complexity index is 658.